The molecule has 1 aliphatic heterocycles. The lowest BCUT2D eigenvalue weighted by Gasteiger charge is -2.26. The van der Waals surface area contributed by atoms with Crippen molar-refractivity contribution in [2.24, 2.45) is 0 Å². The number of benzene rings is 1. The van der Waals surface area contributed by atoms with Gasteiger partial charge in [-0.2, -0.15) is 4.68 Å². The Labute approximate surface area is 137 Å². The Bertz CT molecular complexity index is 883. The second kappa shape index (κ2) is 5.75. The van der Waals surface area contributed by atoms with Crippen molar-refractivity contribution in [1.29, 1.82) is 0 Å². The molecule has 3 aromatic rings. The van der Waals surface area contributed by atoms with E-state index < -0.39 is 0 Å². The minimum absolute atomic E-state index is 0.344. The van der Waals surface area contributed by atoms with E-state index in [2.05, 4.69) is 35.2 Å². The molecule has 9 heteroatoms. The topological polar surface area (TPSA) is 77.5 Å². The van der Waals surface area contributed by atoms with E-state index in [0.717, 1.165) is 30.3 Å². The fourth-order valence-electron chi connectivity index (χ4n) is 2.96. The molecule has 0 spiro atoms. The van der Waals surface area contributed by atoms with E-state index in [-0.39, 0.29) is 5.82 Å². The smallest absolute Gasteiger partial charge is 0.170 e. The fourth-order valence-corrected chi connectivity index (χ4v) is 2.96. The van der Waals surface area contributed by atoms with Crippen LogP contribution in [-0.2, 0) is 19.6 Å². The first-order valence-electron chi connectivity index (χ1n) is 7.76. The fraction of sp³-hybridized carbons (Fsp3) is 0.400. The lowest BCUT2D eigenvalue weighted by atomic mass is 10.2. The molecule has 0 amide bonds. The van der Waals surface area contributed by atoms with Gasteiger partial charge in [-0.3, -0.25) is 4.90 Å². The normalized spacial score (nSPS) is 14.8. The van der Waals surface area contributed by atoms with Crippen LogP contribution in [0, 0.1) is 19.7 Å². The highest BCUT2D eigenvalue weighted by atomic mass is 19.1. The van der Waals surface area contributed by atoms with Crippen molar-refractivity contribution >= 4 is 0 Å². The van der Waals surface area contributed by atoms with Crippen molar-refractivity contribution in [1.82, 2.24) is 39.9 Å². The van der Waals surface area contributed by atoms with Crippen LogP contribution in [0.1, 0.15) is 23.0 Å². The lowest BCUT2D eigenvalue weighted by molar-refractivity contribution is 0.201. The lowest BCUT2D eigenvalue weighted by Crippen LogP contribution is -2.34. The summed E-state index contributed by atoms with van der Waals surface area (Å²) in [7, 11) is 0. The van der Waals surface area contributed by atoms with E-state index in [1.807, 2.05) is 13.8 Å². The summed E-state index contributed by atoms with van der Waals surface area (Å²) in [6.07, 6.45) is 0. The molecule has 0 unspecified atom stereocenters. The average Bonchev–Trinajstić information content (AvgIpc) is 3.17. The Morgan fingerprint density at radius 2 is 2.00 bits per heavy atom. The maximum absolute atomic E-state index is 14.1. The van der Waals surface area contributed by atoms with Crippen molar-refractivity contribution in [2.75, 3.05) is 6.54 Å². The number of rotatable bonds is 3. The van der Waals surface area contributed by atoms with E-state index in [0.29, 0.717) is 24.6 Å². The van der Waals surface area contributed by atoms with Crippen LogP contribution in [0.2, 0.25) is 0 Å². The predicted molar refractivity (Wildman–Crippen MR) is 82.7 cm³/mol. The van der Waals surface area contributed by atoms with Crippen molar-refractivity contribution < 1.29 is 4.39 Å². The van der Waals surface area contributed by atoms with Crippen LogP contribution in [0.3, 0.4) is 0 Å². The summed E-state index contributed by atoms with van der Waals surface area (Å²) in [5.74, 6) is 2.11. The SMILES string of the molecule is Cc1ccc(F)c(-n2nnnc2CN2CCn3c(C)nnc3C2)c1. The molecule has 0 bridgehead atoms. The predicted octanol–water partition coefficient (Wildman–Crippen LogP) is 1.03. The maximum Gasteiger partial charge on any atom is 0.170 e. The van der Waals surface area contributed by atoms with Crippen LogP contribution in [0.15, 0.2) is 18.2 Å². The quantitative estimate of drug-likeness (QED) is 0.714. The monoisotopic (exact) mass is 328 g/mol. The van der Waals surface area contributed by atoms with Crippen LogP contribution >= 0.6 is 0 Å². The second-order valence-corrected chi connectivity index (χ2v) is 5.99. The van der Waals surface area contributed by atoms with Crippen molar-refractivity contribution in [3.63, 3.8) is 0 Å². The average molecular weight is 328 g/mol. The summed E-state index contributed by atoms with van der Waals surface area (Å²) in [4.78, 5) is 2.18. The molecule has 0 radical (unpaired) electrons. The third kappa shape index (κ3) is 2.56. The van der Waals surface area contributed by atoms with Gasteiger partial charge in [0.25, 0.3) is 0 Å². The molecule has 0 N–H and O–H groups in total. The summed E-state index contributed by atoms with van der Waals surface area (Å²) in [5.41, 5.74) is 1.32. The van der Waals surface area contributed by atoms with Crippen molar-refractivity contribution in [3.05, 3.63) is 47.1 Å². The molecule has 3 heterocycles. The van der Waals surface area contributed by atoms with E-state index in [1.54, 1.807) is 12.1 Å². The summed E-state index contributed by atoms with van der Waals surface area (Å²) in [6, 6.07) is 4.90. The molecule has 1 aliphatic rings. The van der Waals surface area contributed by atoms with Gasteiger partial charge in [0.2, 0.25) is 0 Å². The number of hydrogen-bond acceptors (Lipinski definition) is 6. The third-order valence-electron chi connectivity index (χ3n) is 4.25. The summed E-state index contributed by atoms with van der Waals surface area (Å²) >= 11 is 0. The molecule has 4 rings (SSSR count). The number of tetrazole rings is 1. The molecule has 2 aromatic heterocycles. The van der Waals surface area contributed by atoms with Gasteiger partial charge in [-0.15, -0.1) is 15.3 Å². The summed E-state index contributed by atoms with van der Waals surface area (Å²) in [5, 5.41) is 20.0. The van der Waals surface area contributed by atoms with Crippen LogP contribution < -0.4 is 0 Å². The number of nitrogens with zero attached hydrogens (tertiary/aromatic N) is 8. The number of aromatic nitrogens is 7. The van der Waals surface area contributed by atoms with Gasteiger partial charge >= 0.3 is 0 Å². The van der Waals surface area contributed by atoms with Gasteiger partial charge in [-0.1, -0.05) is 6.07 Å². The Morgan fingerprint density at radius 1 is 1.12 bits per heavy atom. The highest BCUT2D eigenvalue weighted by Gasteiger charge is 2.22. The number of hydrogen-bond donors (Lipinski definition) is 0. The minimum Gasteiger partial charge on any atom is -0.313 e. The maximum atomic E-state index is 14.1. The Balaban J connectivity index is 1.59. The highest BCUT2D eigenvalue weighted by Crippen LogP contribution is 2.18. The molecular weight excluding hydrogens is 311 g/mol. The molecule has 0 fully saturated rings. The molecule has 1 aromatic carbocycles. The molecule has 24 heavy (non-hydrogen) atoms. The molecule has 8 nitrogen and oxygen atoms in total. The zero-order valence-electron chi connectivity index (χ0n) is 13.5. The molecule has 0 saturated carbocycles. The number of aryl methyl sites for hydroxylation is 2. The molecule has 0 aliphatic carbocycles. The number of fused-ring (bicyclic) bond motifs is 1. The van der Waals surface area contributed by atoms with Gasteiger partial charge in [0.05, 0.1) is 13.1 Å². The largest absolute Gasteiger partial charge is 0.313 e. The van der Waals surface area contributed by atoms with E-state index in [4.69, 9.17) is 0 Å². The van der Waals surface area contributed by atoms with Gasteiger partial charge in [0.1, 0.15) is 23.2 Å². The van der Waals surface area contributed by atoms with Crippen molar-refractivity contribution in [3.8, 4) is 5.69 Å². The van der Waals surface area contributed by atoms with Crippen LogP contribution in [0.25, 0.3) is 5.69 Å². The van der Waals surface area contributed by atoms with E-state index in [9.17, 15) is 4.39 Å². The first-order valence-corrected chi connectivity index (χ1v) is 7.76. The first-order chi connectivity index (χ1) is 11.6. The molecule has 0 atom stereocenters. The minimum atomic E-state index is -0.344. The van der Waals surface area contributed by atoms with Gasteiger partial charge in [-0.25, -0.2) is 4.39 Å². The third-order valence-corrected chi connectivity index (χ3v) is 4.25. The van der Waals surface area contributed by atoms with E-state index in [1.165, 1.54) is 10.7 Å². The molecule has 0 saturated heterocycles. The molecule has 124 valence electrons. The molecular formula is C15H17FN8. The van der Waals surface area contributed by atoms with Gasteiger partial charge in [0, 0.05) is 13.1 Å². The Kier molecular flexibility index (Phi) is 3.57. The zero-order valence-corrected chi connectivity index (χ0v) is 13.5. The second-order valence-electron chi connectivity index (χ2n) is 5.99. The van der Waals surface area contributed by atoms with Crippen LogP contribution in [0.5, 0.6) is 0 Å². The van der Waals surface area contributed by atoms with E-state index >= 15 is 0 Å². The van der Waals surface area contributed by atoms with Crippen molar-refractivity contribution in [2.45, 2.75) is 33.5 Å². The number of halogens is 1. The van der Waals surface area contributed by atoms with Crippen LogP contribution in [0.4, 0.5) is 4.39 Å². The first kappa shape index (κ1) is 14.9. The summed E-state index contributed by atoms with van der Waals surface area (Å²) in [6.45, 7) is 6.72. The Morgan fingerprint density at radius 3 is 2.88 bits per heavy atom. The van der Waals surface area contributed by atoms with Gasteiger partial charge in [-0.05, 0) is 42.0 Å². The van der Waals surface area contributed by atoms with Gasteiger partial charge < -0.3 is 4.57 Å². The summed E-state index contributed by atoms with van der Waals surface area (Å²) < 4.78 is 17.7. The highest BCUT2D eigenvalue weighted by molar-refractivity contribution is 5.36. The standard InChI is InChI=1S/C15H17FN8/c1-10-3-4-12(16)13(7-10)24-15(19-20-21-24)9-22-5-6-23-11(2)17-18-14(23)8-22/h3-4,7H,5-6,8-9H2,1-2H3. The Hall–Kier alpha value is -2.68. The van der Waals surface area contributed by atoms with Crippen LogP contribution in [-0.4, -0.2) is 46.4 Å². The van der Waals surface area contributed by atoms with Gasteiger partial charge in [0.15, 0.2) is 5.82 Å². The zero-order chi connectivity index (χ0) is 16.7.